The Bertz CT molecular complexity index is 79.1. The number of hydrogen-bond acceptors (Lipinski definition) is 2. The molecule has 1 rings (SSSR count). The molecular weight excluding hydrogens is 136 g/mol. The van der Waals surface area contributed by atoms with E-state index in [0.717, 1.165) is 0 Å². The minimum absolute atomic E-state index is 0. The molecule has 0 aliphatic heterocycles. The van der Waals surface area contributed by atoms with Crippen LogP contribution >= 0.6 is 12.4 Å². The highest BCUT2D eigenvalue weighted by Crippen LogP contribution is 2.27. The van der Waals surface area contributed by atoms with Crippen LogP contribution in [0.5, 0.6) is 0 Å². The van der Waals surface area contributed by atoms with Crippen molar-refractivity contribution in [2.24, 2.45) is 5.84 Å². The zero-order valence-corrected chi connectivity index (χ0v) is 6.63. The predicted molar refractivity (Wildman–Crippen MR) is 41.4 cm³/mol. The first-order valence-corrected chi connectivity index (χ1v) is 3.25. The summed E-state index contributed by atoms with van der Waals surface area (Å²) >= 11 is 0. The Morgan fingerprint density at radius 2 is 1.78 bits per heavy atom. The van der Waals surface area contributed by atoms with Gasteiger partial charge in [0.25, 0.3) is 0 Å². The van der Waals surface area contributed by atoms with Crippen LogP contribution in [0.4, 0.5) is 0 Å². The fraction of sp³-hybridized carbons (Fsp3) is 1.00. The normalized spacial score (nSPS) is 23.3. The van der Waals surface area contributed by atoms with Gasteiger partial charge in [-0.1, -0.05) is 12.8 Å². The Kier molecular flexibility index (Phi) is 3.48. The topological polar surface area (TPSA) is 38.0 Å². The number of rotatable bonds is 1. The average Bonchev–Trinajstić information content (AvgIpc) is 2.17. The molecule has 0 spiro atoms. The van der Waals surface area contributed by atoms with Gasteiger partial charge < -0.3 is 0 Å². The van der Waals surface area contributed by atoms with Crippen molar-refractivity contribution < 1.29 is 0 Å². The van der Waals surface area contributed by atoms with Gasteiger partial charge in [0.2, 0.25) is 0 Å². The highest BCUT2D eigenvalue weighted by molar-refractivity contribution is 5.85. The van der Waals surface area contributed by atoms with Crippen molar-refractivity contribution in [2.45, 2.75) is 38.1 Å². The van der Waals surface area contributed by atoms with E-state index in [0.29, 0.717) is 0 Å². The Balaban J connectivity index is 0.000000640. The molecule has 1 aliphatic rings. The molecule has 0 aromatic heterocycles. The van der Waals surface area contributed by atoms with Gasteiger partial charge in [0.05, 0.1) is 0 Å². The third-order valence-corrected chi connectivity index (χ3v) is 2.06. The van der Waals surface area contributed by atoms with E-state index >= 15 is 0 Å². The maximum absolute atomic E-state index is 5.32. The lowest BCUT2D eigenvalue weighted by molar-refractivity contribution is 0.373. The number of nitrogens with two attached hydrogens (primary N) is 1. The summed E-state index contributed by atoms with van der Waals surface area (Å²) in [5.74, 6) is 5.32. The van der Waals surface area contributed by atoms with Gasteiger partial charge >= 0.3 is 0 Å². The molecular formula is C6H15ClN2. The van der Waals surface area contributed by atoms with Crippen molar-refractivity contribution in [1.82, 2.24) is 5.43 Å². The summed E-state index contributed by atoms with van der Waals surface area (Å²) in [4.78, 5) is 0. The van der Waals surface area contributed by atoms with Crippen molar-refractivity contribution in [2.75, 3.05) is 0 Å². The minimum Gasteiger partial charge on any atom is -0.271 e. The van der Waals surface area contributed by atoms with Gasteiger partial charge in [0, 0.05) is 5.54 Å². The summed E-state index contributed by atoms with van der Waals surface area (Å²) < 4.78 is 0. The van der Waals surface area contributed by atoms with Crippen LogP contribution < -0.4 is 11.3 Å². The minimum atomic E-state index is 0. The molecule has 3 N–H and O–H groups in total. The molecule has 1 fully saturated rings. The predicted octanol–water partition coefficient (Wildman–Crippen LogP) is 1.20. The SMILES string of the molecule is CC1(NN)CCCC1.Cl. The van der Waals surface area contributed by atoms with E-state index in [1.165, 1.54) is 25.7 Å². The van der Waals surface area contributed by atoms with E-state index in [4.69, 9.17) is 5.84 Å². The molecule has 0 heterocycles. The van der Waals surface area contributed by atoms with Gasteiger partial charge in [0.15, 0.2) is 0 Å². The second kappa shape index (κ2) is 3.40. The third kappa shape index (κ3) is 2.12. The summed E-state index contributed by atoms with van der Waals surface area (Å²) in [6.45, 7) is 2.18. The molecule has 0 unspecified atom stereocenters. The number of nitrogens with one attached hydrogen (secondary N) is 1. The smallest absolute Gasteiger partial charge is 0.0293 e. The molecule has 0 aromatic rings. The quantitative estimate of drug-likeness (QED) is 0.436. The zero-order chi connectivity index (χ0) is 6.04. The van der Waals surface area contributed by atoms with Crippen LogP contribution in [0, 0.1) is 0 Å². The first kappa shape index (κ1) is 9.21. The van der Waals surface area contributed by atoms with Crippen molar-refractivity contribution >= 4 is 12.4 Å². The van der Waals surface area contributed by atoms with Crippen molar-refractivity contribution in [3.63, 3.8) is 0 Å². The average molecular weight is 151 g/mol. The molecule has 3 heteroatoms. The Labute approximate surface area is 62.6 Å². The van der Waals surface area contributed by atoms with Crippen LogP contribution in [0.1, 0.15) is 32.6 Å². The lowest BCUT2D eigenvalue weighted by Crippen LogP contribution is -2.44. The van der Waals surface area contributed by atoms with E-state index in [-0.39, 0.29) is 17.9 Å². The molecule has 0 saturated heterocycles. The Morgan fingerprint density at radius 3 is 2.00 bits per heavy atom. The molecule has 0 amide bonds. The maximum atomic E-state index is 5.32. The molecule has 9 heavy (non-hydrogen) atoms. The van der Waals surface area contributed by atoms with E-state index in [1.807, 2.05) is 0 Å². The van der Waals surface area contributed by atoms with Crippen molar-refractivity contribution in [3.05, 3.63) is 0 Å². The second-order valence-corrected chi connectivity index (χ2v) is 2.91. The van der Waals surface area contributed by atoms with Gasteiger partial charge in [-0.05, 0) is 19.8 Å². The molecule has 0 radical (unpaired) electrons. The summed E-state index contributed by atoms with van der Waals surface area (Å²) in [5, 5.41) is 0. The van der Waals surface area contributed by atoms with Crippen molar-refractivity contribution in [3.8, 4) is 0 Å². The standard InChI is InChI=1S/C6H14N2.ClH/c1-6(8-7)4-2-3-5-6;/h8H,2-5,7H2,1H3;1H. The molecule has 0 aromatic carbocycles. The van der Waals surface area contributed by atoms with E-state index in [9.17, 15) is 0 Å². The first-order chi connectivity index (χ1) is 3.77. The van der Waals surface area contributed by atoms with Gasteiger partial charge in [-0.2, -0.15) is 0 Å². The molecule has 56 valence electrons. The van der Waals surface area contributed by atoms with Crippen LogP contribution in [-0.4, -0.2) is 5.54 Å². The number of halogens is 1. The lowest BCUT2D eigenvalue weighted by atomic mass is 10.0. The largest absolute Gasteiger partial charge is 0.271 e. The molecule has 1 aliphatic carbocycles. The van der Waals surface area contributed by atoms with Gasteiger partial charge in [0.1, 0.15) is 0 Å². The van der Waals surface area contributed by atoms with E-state index in [1.54, 1.807) is 0 Å². The summed E-state index contributed by atoms with van der Waals surface area (Å²) in [5.41, 5.74) is 3.10. The highest BCUT2D eigenvalue weighted by atomic mass is 35.5. The number of hydrogen-bond donors (Lipinski definition) is 2. The second-order valence-electron chi connectivity index (χ2n) is 2.91. The fourth-order valence-corrected chi connectivity index (χ4v) is 1.30. The summed E-state index contributed by atoms with van der Waals surface area (Å²) in [6, 6.07) is 0. The van der Waals surface area contributed by atoms with Gasteiger partial charge in [-0.15, -0.1) is 12.4 Å². The molecule has 0 bridgehead atoms. The third-order valence-electron chi connectivity index (χ3n) is 2.06. The fourth-order valence-electron chi connectivity index (χ4n) is 1.30. The monoisotopic (exact) mass is 150 g/mol. The van der Waals surface area contributed by atoms with Crippen LogP contribution in [0.2, 0.25) is 0 Å². The molecule has 1 saturated carbocycles. The van der Waals surface area contributed by atoms with Gasteiger partial charge in [-0.3, -0.25) is 11.3 Å². The highest BCUT2D eigenvalue weighted by Gasteiger charge is 2.26. The lowest BCUT2D eigenvalue weighted by Gasteiger charge is -2.21. The Morgan fingerprint density at radius 1 is 1.33 bits per heavy atom. The van der Waals surface area contributed by atoms with Crippen LogP contribution in [0.25, 0.3) is 0 Å². The van der Waals surface area contributed by atoms with Crippen LogP contribution in [0.15, 0.2) is 0 Å². The van der Waals surface area contributed by atoms with E-state index in [2.05, 4.69) is 12.3 Å². The molecule has 0 atom stereocenters. The molecule has 2 nitrogen and oxygen atoms in total. The maximum Gasteiger partial charge on any atom is 0.0293 e. The summed E-state index contributed by atoms with van der Waals surface area (Å²) in [6.07, 6.45) is 5.15. The van der Waals surface area contributed by atoms with Crippen LogP contribution in [-0.2, 0) is 0 Å². The summed E-state index contributed by atoms with van der Waals surface area (Å²) in [7, 11) is 0. The van der Waals surface area contributed by atoms with Crippen LogP contribution in [0.3, 0.4) is 0 Å². The Hall–Kier alpha value is 0.210. The zero-order valence-electron chi connectivity index (χ0n) is 5.81. The number of hydrazine groups is 1. The first-order valence-electron chi connectivity index (χ1n) is 3.25. The van der Waals surface area contributed by atoms with Gasteiger partial charge in [-0.25, -0.2) is 0 Å². The van der Waals surface area contributed by atoms with Crippen molar-refractivity contribution in [1.29, 1.82) is 0 Å². The van der Waals surface area contributed by atoms with E-state index < -0.39 is 0 Å².